The third kappa shape index (κ3) is 3.43. The van der Waals surface area contributed by atoms with Crippen LogP contribution in [0.3, 0.4) is 0 Å². The summed E-state index contributed by atoms with van der Waals surface area (Å²) in [5.74, 6) is 1.67. The first kappa shape index (κ1) is 14.5. The first-order valence-corrected chi connectivity index (χ1v) is 7.56. The van der Waals surface area contributed by atoms with Crippen molar-refractivity contribution < 1.29 is 4.42 Å². The van der Waals surface area contributed by atoms with Gasteiger partial charge in [-0.25, -0.2) is 0 Å². The van der Waals surface area contributed by atoms with Crippen LogP contribution >= 0.6 is 11.6 Å². The fourth-order valence-electron chi connectivity index (χ4n) is 2.61. The minimum Gasteiger partial charge on any atom is -0.419 e. The summed E-state index contributed by atoms with van der Waals surface area (Å²) in [4.78, 5) is 2.31. The first-order chi connectivity index (χ1) is 10.1. The molecule has 2 unspecified atom stereocenters. The second-order valence-electron chi connectivity index (χ2n) is 5.67. The van der Waals surface area contributed by atoms with Crippen LogP contribution in [0.25, 0.3) is 11.5 Å². The third-order valence-corrected chi connectivity index (χ3v) is 4.22. The molecular formula is C15H19ClN4O. The van der Waals surface area contributed by atoms with Crippen molar-refractivity contribution in [1.29, 1.82) is 0 Å². The Balaban J connectivity index is 1.66. The second-order valence-corrected chi connectivity index (χ2v) is 6.11. The van der Waals surface area contributed by atoms with E-state index in [1.54, 1.807) is 0 Å². The monoisotopic (exact) mass is 306 g/mol. The van der Waals surface area contributed by atoms with Gasteiger partial charge in [-0.1, -0.05) is 18.5 Å². The van der Waals surface area contributed by atoms with E-state index in [-0.39, 0.29) is 0 Å². The zero-order chi connectivity index (χ0) is 14.8. The molecule has 0 bridgehead atoms. The molecule has 0 amide bonds. The zero-order valence-electron chi connectivity index (χ0n) is 12.0. The molecule has 1 aromatic carbocycles. The molecule has 2 aromatic rings. The Morgan fingerprint density at radius 1 is 1.33 bits per heavy atom. The number of benzene rings is 1. The van der Waals surface area contributed by atoms with Crippen LogP contribution in [0, 0.1) is 5.92 Å². The smallest absolute Gasteiger partial charge is 0.247 e. The Bertz CT molecular complexity index is 598. The predicted octanol–water partition coefficient (Wildman–Crippen LogP) is 2.56. The molecule has 1 aromatic heterocycles. The molecule has 1 aliphatic heterocycles. The van der Waals surface area contributed by atoms with Crippen LogP contribution in [0.5, 0.6) is 0 Å². The molecule has 0 saturated carbocycles. The number of nitrogens with zero attached hydrogens (tertiary/aromatic N) is 3. The van der Waals surface area contributed by atoms with Gasteiger partial charge in [0.1, 0.15) is 0 Å². The van der Waals surface area contributed by atoms with Crippen molar-refractivity contribution in [3.05, 3.63) is 35.2 Å². The van der Waals surface area contributed by atoms with Gasteiger partial charge in [-0.15, -0.1) is 10.2 Å². The van der Waals surface area contributed by atoms with E-state index < -0.39 is 0 Å². The van der Waals surface area contributed by atoms with Gasteiger partial charge in [-0.3, -0.25) is 4.90 Å². The number of aromatic nitrogens is 2. The standard InChI is InChI=1S/C15H19ClN4O/c1-10-8-20(7-6-13(10)17)9-14-18-19-15(21-14)11-2-4-12(16)5-3-11/h2-5,10,13H,6-9,17H2,1H3. The number of likely N-dealkylation sites (tertiary alicyclic amines) is 1. The number of nitrogens with two attached hydrogens (primary N) is 1. The Kier molecular flexibility index (Phi) is 4.24. The maximum Gasteiger partial charge on any atom is 0.247 e. The lowest BCUT2D eigenvalue weighted by Crippen LogP contribution is -2.45. The van der Waals surface area contributed by atoms with Crippen molar-refractivity contribution in [1.82, 2.24) is 15.1 Å². The van der Waals surface area contributed by atoms with Crippen molar-refractivity contribution in [3.63, 3.8) is 0 Å². The van der Waals surface area contributed by atoms with Gasteiger partial charge in [0.05, 0.1) is 6.54 Å². The molecule has 1 fully saturated rings. The lowest BCUT2D eigenvalue weighted by atomic mass is 9.95. The fraction of sp³-hybridized carbons (Fsp3) is 0.467. The molecule has 2 N–H and O–H groups in total. The van der Waals surface area contributed by atoms with Crippen LogP contribution in [-0.2, 0) is 6.54 Å². The van der Waals surface area contributed by atoms with E-state index in [4.69, 9.17) is 21.8 Å². The Morgan fingerprint density at radius 3 is 2.81 bits per heavy atom. The largest absolute Gasteiger partial charge is 0.419 e. The van der Waals surface area contributed by atoms with E-state index >= 15 is 0 Å². The van der Waals surface area contributed by atoms with Gasteiger partial charge in [0, 0.05) is 29.7 Å². The molecule has 0 radical (unpaired) electrons. The van der Waals surface area contributed by atoms with Gasteiger partial charge < -0.3 is 10.2 Å². The summed E-state index contributed by atoms with van der Waals surface area (Å²) in [5.41, 5.74) is 6.92. The normalized spacial score (nSPS) is 23.4. The van der Waals surface area contributed by atoms with Crippen molar-refractivity contribution in [2.45, 2.75) is 25.9 Å². The summed E-state index contributed by atoms with van der Waals surface area (Å²) >= 11 is 5.88. The highest BCUT2D eigenvalue weighted by Gasteiger charge is 2.24. The molecule has 112 valence electrons. The number of rotatable bonds is 3. The topological polar surface area (TPSA) is 68.2 Å². The molecule has 6 heteroatoms. The number of hydrogen-bond acceptors (Lipinski definition) is 5. The number of piperidine rings is 1. The minimum atomic E-state index is 0.300. The van der Waals surface area contributed by atoms with Crippen LogP contribution in [-0.4, -0.2) is 34.2 Å². The van der Waals surface area contributed by atoms with Crippen molar-refractivity contribution in [3.8, 4) is 11.5 Å². The Labute approximate surface area is 129 Å². The third-order valence-electron chi connectivity index (χ3n) is 3.97. The van der Waals surface area contributed by atoms with Gasteiger partial charge >= 0.3 is 0 Å². The average molecular weight is 307 g/mol. The molecular weight excluding hydrogens is 288 g/mol. The highest BCUT2D eigenvalue weighted by molar-refractivity contribution is 6.30. The second kappa shape index (κ2) is 6.13. The van der Waals surface area contributed by atoms with E-state index in [0.717, 1.165) is 25.1 Å². The molecule has 0 spiro atoms. The summed E-state index contributed by atoms with van der Waals surface area (Å²) in [6.45, 7) is 4.81. The highest BCUT2D eigenvalue weighted by atomic mass is 35.5. The number of hydrogen-bond donors (Lipinski definition) is 1. The van der Waals surface area contributed by atoms with Crippen LogP contribution in [0.15, 0.2) is 28.7 Å². The molecule has 3 rings (SSSR count). The van der Waals surface area contributed by atoms with Crippen LogP contribution < -0.4 is 5.73 Å². The SMILES string of the molecule is CC1CN(Cc2nnc(-c3ccc(Cl)cc3)o2)CCC1N. The van der Waals surface area contributed by atoms with Gasteiger partial charge in [0.2, 0.25) is 11.8 Å². The molecule has 0 aliphatic carbocycles. The van der Waals surface area contributed by atoms with Crippen LogP contribution in [0.2, 0.25) is 5.02 Å². The maximum atomic E-state index is 6.04. The van der Waals surface area contributed by atoms with E-state index in [1.807, 2.05) is 24.3 Å². The molecule has 5 nitrogen and oxygen atoms in total. The molecule has 2 heterocycles. The summed E-state index contributed by atoms with van der Waals surface area (Å²) in [7, 11) is 0. The molecule has 2 atom stereocenters. The van der Waals surface area contributed by atoms with E-state index in [0.29, 0.717) is 35.3 Å². The van der Waals surface area contributed by atoms with Crippen LogP contribution in [0.4, 0.5) is 0 Å². The predicted molar refractivity (Wildman–Crippen MR) is 81.8 cm³/mol. The molecule has 21 heavy (non-hydrogen) atoms. The Morgan fingerprint density at radius 2 is 2.10 bits per heavy atom. The summed E-state index contributed by atoms with van der Waals surface area (Å²) < 4.78 is 5.74. The van der Waals surface area contributed by atoms with Crippen LogP contribution in [0.1, 0.15) is 19.2 Å². The summed E-state index contributed by atoms with van der Waals surface area (Å²) in [6, 6.07) is 7.68. The summed E-state index contributed by atoms with van der Waals surface area (Å²) in [5, 5.41) is 8.93. The maximum absolute atomic E-state index is 6.04. The van der Waals surface area contributed by atoms with Gasteiger partial charge in [-0.05, 0) is 36.6 Å². The van der Waals surface area contributed by atoms with Crippen molar-refractivity contribution in [2.75, 3.05) is 13.1 Å². The lowest BCUT2D eigenvalue weighted by molar-refractivity contribution is 0.146. The van der Waals surface area contributed by atoms with E-state index in [2.05, 4.69) is 22.0 Å². The quantitative estimate of drug-likeness (QED) is 0.944. The highest BCUT2D eigenvalue weighted by Crippen LogP contribution is 2.22. The lowest BCUT2D eigenvalue weighted by Gasteiger charge is -2.34. The molecule has 1 aliphatic rings. The summed E-state index contributed by atoms with van der Waals surface area (Å²) in [6.07, 6.45) is 1.01. The number of halogens is 1. The van der Waals surface area contributed by atoms with Crippen molar-refractivity contribution >= 4 is 11.6 Å². The van der Waals surface area contributed by atoms with Gasteiger partial charge in [0.15, 0.2) is 0 Å². The van der Waals surface area contributed by atoms with E-state index in [1.165, 1.54) is 0 Å². The van der Waals surface area contributed by atoms with E-state index in [9.17, 15) is 0 Å². The average Bonchev–Trinajstić information content (AvgIpc) is 2.92. The Hall–Kier alpha value is -1.43. The zero-order valence-corrected chi connectivity index (χ0v) is 12.8. The minimum absolute atomic E-state index is 0.300. The van der Waals surface area contributed by atoms with Crippen molar-refractivity contribution in [2.24, 2.45) is 11.7 Å². The van der Waals surface area contributed by atoms with Gasteiger partial charge in [-0.2, -0.15) is 0 Å². The fourth-order valence-corrected chi connectivity index (χ4v) is 2.74. The molecule has 1 saturated heterocycles. The van der Waals surface area contributed by atoms with Gasteiger partial charge in [0.25, 0.3) is 0 Å². The first-order valence-electron chi connectivity index (χ1n) is 7.18.